The Bertz CT molecular complexity index is 888. The molecule has 2 atom stereocenters. The molecule has 0 saturated carbocycles. The van der Waals surface area contributed by atoms with E-state index in [1.807, 2.05) is 13.8 Å². The van der Waals surface area contributed by atoms with Crippen LogP contribution >= 0.6 is 0 Å². The van der Waals surface area contributed by atoms with Gasteiger partial charge in [0.1, 0.15) is 5.84 Å². The molecule has 152 valence electrons. The van der Waals surface area contributed by atoms with Crippen LogP contribution in [0.25, 0.3) is 0 Å². The molecule has 1 aromatic carbocycles. The third-order valence-corrected chi connectivity index (χ3v) is 5.77. The van der Waals surface area contributed by atoms with E-state index in [9.17, 15) is 18.0 Å². The lowest BCUT2D eigenvalue weighted by molar-refractivity contribution is -0.157. The van der Waals surface area contributed by atoms with Gasteiger partial charge in [-0.05, 0) is 26.0 Å². The molecule has 10 heteroatoms. The summed E-state index contributed by atoms with van der Waals surface area (Å²) in [7, 11) is -3.61. The average molecular weight is 409 g/mol. The number of ether oxygens (including phenoxy) is 2. The van der Waals surface area contributed by atoms with Crippen LogP contribution in [0.3, 0.4) is 0 Å². The molecule has 1 aromatic rings. The van der Waals surface area contributed by atoms with Crippen molar-refractivity contribution in [3.8, 4) is 0 Å². The molecule has 0 radical (unpaired) electrons. The van der Waals surface area contributed by atoms with Crippen LogP contribution in [0.1, 0.15) is 25.8 Å². The Morgan fingerprint density at radius 3 is 2.64 bits per heavy atom. The van der Waals surface area contributed by atoms with Crippen molar-refractivity contribution in [3.05, 3.63) is 29.8 Å². The minimum Gasteiger partial charge on any atom is -0.456 e. The quantitative estimate of drug-likeness (QED) is 0.700. The summed E-state index contributed by atoms with van der Waals surface area (Å²) in [5.74, 6) is -0.629. The van der Waals surface area contributed by atoms with Gasteiger partial charge in [0.25, 0.3) is 15.9 Å². The first-order chi connectivity index (χ1) is 13.3. The molecule has 3 rings (SSSR count). The fourth-order valence-electron chi connectivity index (χ4n) is 3.20. The number of fused-ring (bicyclic) bond motifs is 1. The number of amides is 1. The summed E-state index contributed by atoms with van der Waals surface area (Å²) in [4.78, 5) is 30.0. The van der Waals surface area contributed by atoms with Gasteiger partial charge in [-0.15, -0.1) is 0 Å². The second-order valence-corrected chi connectivity index (χ2v) is 8.45. The highest BCUT2D eigenvalue weighted by Gasteiger charge is 2.30. The zero-order valence-corrected chi connectivity index (χ0v) is 16.6. The van der Waals surface area contributed by atoms with Gasteiger partial charge >= 0.3 is 5.97 Å². The van der Waals surface area contributed by atoms with Crippen molar-refractivity contribution in [3.63, 3.8) is 0 Å². The standard InChI is InChI=1S/C18H23N3O6S/c1-12-9-21(10-13(2)27-12)16(22)11-26-17(23)7-8-19-18-14-5-3-4-6-15(14)28(24,25)20-18/h3-6,12-13H,7-11H2,1-2H3,(H,19,20)/t12-,13-/m1/s1. The number of sulfonamides is 1. The first-order valence-corrected chi connectivity index (χ1v) is 10.5. The van der Waals surface area contributed by atoms with Crippen LogP contribution in [-0.2, 0) is 29.1 Å². The zero-order chi connectivity index (χ0) is 20.3. The summed E-state index contributed by atoms with van der Waals surface area (Å²) < 4.78 is 37.0. The van der Waals surface area contributed by atoms with Gasteiger partial charge in [-0.3, -0.25) is 19.3 Å². The number of nitrogens with zero attached hydrogens (tertiary/aromatic N) is 2. The number of esters is 1. The van der Waals surface area contributed by atoms with Crippen LogP contribution in [0.4, 0.5) is 0 Å². The molecule has 0 unspecified atom stereocenters. The first-order valence-electron chi connectivity index (χ1n) is 9.02. The maximum Gasteiger partial charge on any atom is 0.308 e. The van der Waals surface area contributed by atoms with Gasteiger partial charge in [0, 0.05) is 18.7 Å². The number of benzene rings is 1. The number of carbonyl (C=O) groups is 2. The van der Waals surface area contributed by atoms with E-state index in [1.54, 1.807) is 23.1 Å². The zero-order valence-electron chi connectivity index (χ0n) is 15.8. The lowest BCUT2D eigenvalue weighted by Gasteiger charge is -2.35. The SMILES string of the molecule is C[C@@H]1CN(C(=O)COC(=O)CCN=C2NS(=O)(=O)c3ccccc32)C[C@@H](C)O1. The highest BCUT2D eigenvalue weighted by molar-refractivity contribution is 7.90. The smallest absolute Gasteiger partial charge is 0.308 e. The molecule has 1 saturated heterocycles. The number of carbonyl (C=O) groups excluding carboxylic acids is 2. The molecule has 1 N–H and O–H groups in total. The molecule has 1 fully saturated rings. The molecule has 0 aromatic heterocycles. The minimum atomic E-state index is -3.61. The van der Waals surface area contributed by atoms with Crippen LogP contribution < -0.4 is 4.72 Å². The second-order valence-electron chi connectivity index (χ2n) is 6.80. The van der Waals surface area contributed by atoms with Gasteiger partial charge in [-0.1, -0.05) is 12.1 Å². The van der Waals surface area contributed by atoms with E-state index in [-0.39, 0.29) is 48.4 Å². The molecule has 2 aliphatic rings. The second kappa shape index (κ2) is 8.27. The third-order valence-electron chi connectivity index (χ3n) is 4.38. The number of hydrogen-bond donors (Lipinski definition) is 1. The molecule has 9 nitrogen and oxygen atoms in total. The Morgan fingerprint density at radius 2 is 1.93 bits per heavy atom. The fraction of sp³-hybridized carbons (Fsp3) is 0.500. The highest BCUT2D eigenvalue weighted by atomic mass is 32.2. The normalized spacial score (nSPS) is 24.5. The van der Waals surface area contributed by atoms with E-state index in [0.717, 1.165) is 0 Å². The topological polar surface area (TPSA) is 114 Å². The van der Waals surface area contributed by atoms with Crippen LogP contribution in [0.5, 0.6) is 0 Å². The molecule has 1 amide bonds. The van der Waals surface area contributed by atoms with Gasteiger partial charge in [0.15, 0.2) is 6.61 Å². The predicted octanol–water partition coefficient (Wildman–Crippen LogP) is 0.294. The predicted molar refractivity (Wildman–Crippen MR) is 100 cm³/mol. The minimum absolute atomic E-state index is 0.0465. The summed E-state index contributed by atoms with van der Waals surface area (Å²) in [6, 6.07) is 6.48. The number of nitrogens with one attached hydrogen (secondary N) is 1. The fourth-order valence-corrected chi connectivity index (χ4v) is 4.45. The summed E-state index contributed by atoms with van der Waals surface area (Å²) in [5, 5.41) is 0. The monoisotopic (exact) mass is 409 g/mol. The van der Waals surface area contributed by atoms with E-state index < -0.39 is 16.0 Å². The number of aliphatic imine (C=N–C) groups is 1. The Balaban J connectivity index is 1.48. The van der Waals surface area contributed by atoms with Gasteiger partial charge in [0.05, 0.1) is 30.1 Å². The van der Waals surface area contributed by atoms with Crippen molar-refractivity contribution < 1.29 is 27.5 Å². The molecule has 0 bridgehead atoms. The summed E-state index contributed by atoms with van der Waals surface area (Å²) in [5.41, 5.74) is 0.474. The maximum absolute atomic E-state index is 12.2. The molecule has 0 spiro atoms. The van der Waals surface area contributed by atoms with Crippen molar-refractivity contribution >= 4 is 27.7 Å². The summed E-state index contributed by atoms with van der Waals surface area (Å²) >= 11 is 0. The van der Waals surface area contributed by atoms with Crippen molar-refractivity contribution in [2.24, 2.45) is 4.99 Å². The van der Waals surface area contributed by atoms with Crippen LogP contribution in [0, 0.1) is 0 Å². The Kier molecular flexibility index (Phi) is 5.99. The van der Waals surface area contributed by atoms with Crippen LogP contribution in [0.15, 0.2) is 34.2 Å². The van der Waals surface area contributed by atoms with E-state index >= 15 is 0 Å². The van der Waals surface area contributed by atoms with Gasteiger partial charge in [0.2, 0.25) is 0 Å². The Morgan fingerprint density at radius 1 is 1.25 bits per heavy atom. The Hall–Kier alpha value is -2.46. The lowest BCUT2D eigenvalue weighted by Crippen LogP contribution is -2.49. The number of hydrogen-bond acceptors (Lipinski definition) is 7. The van der Waals surface area contributed by atoms with Crippen molar-refractivity contribution in [2.75, 3.05) is 26.2 Å². The highest BCUT2D eigenvalue weighted by Crippen LogP contribution is 2.22. The van der Waals surface area contributed by atoms with Crippen LogP contribution in [0.2, 0.25) is 0 Å². The number of morpholine rings is 1. The van der Waals surface area contributed by atoms with Crippen LogP contribution in [-0.4, -0.2) is 69.5 Å². The average Bonchev–Trinajstić information content (AvgIpc) is 2.90. The van der Waals surface area contributed by atoms with Gasteiger partial charge in [-0.2, -0.15) is 0 Å². The summed E-state index contributed by atoms with van der Waals surface area (Å²) in [6.45, 7) is 4.42. The van der Waals surface area contributed by atoms with Crippen molar-refractivity contribution in [1.82, 2.24) is 9.62 Å². The maximum atomic E-state index is 12.2. The molecule has 0 aliphatic carbocycles. The molecule has 2 heterocycles. The van der Waals surface area contributed by atoms with Gasteiger partial charge < -0.3 is 14.4 Å². The van der Waals surface area contributed by atoms with E-state index in [0.29, 0.717) is 18.7 Å². The third kappa shape index (κ3) is 4.68. The lowest BCUT2D eigenvalue weighted by atomic mass is 10.2. The largest absolute Gasteiger partial charge is 0.456 e. The molecular weight excluding hydrogens is 386 g/mol. The molecular formula is C18H23N3O6S. The molecule has 28 heavy (non-hydrogen) atoms. The first kappa shape index (κ1) is 20.3. The molecule has 2 aliphatic heterocycles. The summed E-state index contributed by atoms with van der Waals surface area (Å²) in [6.07, 6.45) is -0.175. The number of rotatable bonds is 5. The van der Waals surface area contributed by atoms with Crippen molar-refractivity contribution in [2.45, 2.75) is 37.4 Å². The van der Waals surface area contributed by atoms with Gasteiger partial charge in [-0.25, -0.2) is 8.42 Å². The number of amidine groups is 1. The Labute approximate surface area is 163 Å². The van der Waals surface area contributed by atoms with Crippen molar-refractivity contribution in [1.29, 1.82) is 0 Å². The van der Waals surface area contributed by atoms with E-state index in [4.69, 9.17) is 9.47 Å². The van der Waals surface area contributed by atoms with E-state index in [2.05, 4.69) is 9.71 Å². The van der Waals surface area contributed by atoms with E-state index in [1.165, 1.54) is 6.07 Å².